The van der Waals surface area contributed by atoms with Crippen molar-refractivity contribution >= 4 is 17.6 Å². The van der Waals surface area contributed by atoms with Crippen molar-refractivity contribution in [2.24, 2.45) is 0 Å². The quantitative estimate of drug-likeness (QED) is 0.469. The summed E-state index contributed by atoms with van der Waals surface area (Å²) in [6.07, 6.45) is -0.103. The van der Waals surface area contributed by atoms with Crippen LogP contribution in [-0.2, 0) is 16.0 Å². The minimum absolute atomic E-state index is 0.0963. The lowest BCUT2D eigenvalue weighted by molar-refractivity contribution is -0.385. The molecule has 0 aliphatic rings. The van der Waals surface area contributed by atoms with E-state index in [9.17, 15) is 24.8 Å². The number of nitro groups is 1. The Balaban J connectivity index is 2.24. The van der Waals surface area contributed by atoms with Crippen LogP contribution in [0.15, 0.2) is 48.5 Å². The van der Waals surface area contributed by atoms with Crippen molar-refractivity contribution in [2.45, 2.75) is 12.5 Å². The van der Waals surface area contributed by atoms with Gasteiger partial charge in [0.05, 0.1) is 12.0 Å². The largest absolute Gasteiger partial charge is 0.508 e. The molecule has 0 radical (unpaired) electrons. The summed E-state index contributed by atoms with van der Waals surface area (Å²) in [6, 6.07) is 10.4. The molecule has 8 heteroatoms. The number of amides is 1. The van der Waals surface area contributed by atoms with E-state index in [0.29, 0.717) is 5.56 Å². The van der Waals surface area contributed by atoms with E-state index in [4.69, 9.17) is 0 Å². The molecule has 0 fully saturated rings. The highest BCUT2D eigenvalue weighted by molar-refractivity contribution is 5.97. The Morgan fingerprint density at radius 1 is 1.24 bits per heavy atom. The summed E-state index contributed by atoms with van der Waals surface area (Å²) < 4.78 is 4.67. The maximum absolute atomic E-state index is 12.3. The average molecular weight is 344 g/mol. The highest BCUT2D eigenvalue weighted by Crippen LogP contribution is 2.20. The number of rotatable bonds is 6. The average Bonchev–Trinajstić information content (AvgIpc) is 2.60. The maximum Gasteiger partial charge on any atom is 0.328 e. The molecule has 2 aromatic carbocycles. The molecular weight excluding hydrogens is 328 g/mol. The van der Waals surface area contributed by atoms with E-state index in [1.165, 1.54) is 42.5 Å². The molecular formula is C17H16N2O6. The third kappa shape index (κ3) is 4.54. The molecule has 0 heterocycles. The van der Waals surface area contributed by atoms with E-state index in [1.807, 2.05) is 0 Å². The van der Waals surface area contributed by atoms with Gasteiger partial charge in [0.2, 0.25) is 0 Å². The van der Waals surface area contributed by atoms with Crippen LogP contribution < -0.4 is 5.32 Å². The highest BCUT2D eigenvalue weighted by Gasteiger charge is 2.26. The van der Waals surface area contributed by atoms with Crippen molar-refractivity contribution in [2.75, 3.05) is 7.11 Å². The van der Waals surface area contributed by atoms with E-state index in [-0.39, 0.29) is 23.4 Å². The Morgan fingerprint density at radius 3 is 2.60 bits per heavy atom. The number of ether oxygens (including phenoxy) is 1. The molecule has 25 heavy (non-hydrogen) atoms. The van der Waals surface area contributed by atoms with Crippen molar-refractivity contribution in [1.29, 1.82) is 0 Å². The molecule has 0 unspecified atom stereocenters. The number of carbonyl (C=O) groups is 2. The first-order chi connectivity index (χ1) is 11.9. The van der Waals surface area contributed by atoms with E-state index in [1.54, 1.807) is 6.07 Å². The Bertz CT molecular complexity index is 805. The summed E-state index contributed by atoms with van der Waals surface area (Å²) in [6.45, 7) is 0. The Hall–Kier alpha value is -3.42. The second-order valence-corrected chi connectivity index (χ2v) is 5.19. The van der Waals surface area contributed by atoms with Gasteiger partial charge < -0.3 is 15.2 Å². The van der Waals surface area contributed by atoms with Gasteiger partial charge in [-0.2, -0.15) is 0 Å². The monoisotopic (exact) mass is 344 g/mol. The lowest BCUT2D eigenvalue weighted by Crippen LogP contribution is -2.43. The molecule has 2 aromatic rings. The number of hydrogen-bond acceptors (Lipinski definition) is 6. The van der Waals surface area contributed by atoms with Crippen molar-refractivity contribution < 1.29 is 24.4 Å². The second kappa shape index (κ2) is 7.91. The van der Waals surface area contributed by atoms with Crippen LogP contribution in [-0.4, -0.2) is 35.1 Å². The van der Waals surface area contributed by atoms with Gasteiger partial charge in [0.1, 0.15) is 11.8 Å². The third-order valence-corrected chi connectivity index (χ3v) is 3.51. The number of hydrogen-bond donors (Lipinski definition) is 2. The predicted octanol–water partition coefficient (Wildman–Crippen LogP) is 1.81. The fourth-order valence-corrected chi connectivity index (χ4v) is 2.31. The van der Waals surface area contributed by atoms with Gasteiger partial charge in [0.25, 0.3) is 11.6 Å². The lowest BCUT2D eigenvalue weighted by Gasteiger charge is -2.16. The molecule has 1 atom stereocenters. The number of carbonyl (C=O) groups excluding carboxylic acids is 2. The lowest BCUT2D eigenvalue weighted by atomic mass is 10.0. The van der Waals surface area contributed by atoms with Crippen molar-refractivity contribution in [1.82, 2.24) is 5.32 Å². The standard InChI is InChI=1S/C17H16N2O6/c1-25-17(22)14(10-11-5-2-3-8-15(11)19(23)24)18-16(21)12-6-4-7-13(20)9-12/h2-9,14,20H,10H2,1H3,(H,18,21)/t14-/m1/s1. The van der Waals surface area contributed by atoms with Crippen molar-refractivity contribution in [3.8, 4) is 5.75 Å². The van der Waals surface area contributed by atoms with Crippen LogP contribution >= 0.6 is 0 Å². The number of esters is 1. The fraction of sp³-hybridized carbons (Fsp3) is 0.176. The topological polar surface area (TPSA) is 119 Å². The van der Waals surface area contributed by atoms with Crippen LogP contribution in [0.1, 0.15) is 15.9 Å². The number of phenolic OH excluding ortho intramolecular Hbond substituents is 1. The summed E-state index contributed by atoms with van der Waals surface area (Å²) in [5, 5.41) is 23.0. The number of para-hydroxylation sites is 1. The third-order valence-electron chi connectivity index (χ3n) is 3.51. The molecule has 0 spiro atoms. The van der Waals surface area contributed by atoms with Crippen LogP contribution in [0.25, 0.3) is 0 Å². The smallest absolute Gasteiger partial charge is 0.328 e. The summed E-state index contributed by atoms with van der Waals surface area (Å²) in [7, 11) is 1.16. The van der Waals surface area contributed by atoms with Gasteiger partial charge in [0.15, 0.2) is 0 Å². The number of methoxy groups -OCH3 is 1. The molecule has 1 amide bonds. The molecule has 0 aromatic heterocycles. The van der Waals surface area contributed by atoms with Gasteiger partial charge in [0, 0.05) is 23.6 Å². The van der Waals surface area contributed by atoms with Crippen LogP contribution in [0.2, 0.25) is 0 Å². The molecule has 2 N–H and O–H groups in total. The molecule has 0 aliphatic carbocycles. The van der Waals surface area contributed by atoms with Crippen LogP contribution in [0, 0.1) is 10.1 Å². The summed E-state index contributed by atoms with van der Waals surface area (Å²) >= 11 is 0. The fourth-order valence-electron chi connectivity index (χ4n) is 2.31. The molecule has 0 aliphatic heterocycles. The molecule has 130 valence electrons. The van der Waals surface area contributed by atoms with Gasteiger partial charge in [-0.3, -0.25) is 14.9 Å². The highest BCUT2D eigenvalue weighted by atomic mass is 16.6. The Kier molecular flexibility index (Phi) is 5.67. The Morgan fingerprint density at radius 2 is 1.96 bits per heavy atom. The van der Waals surface area contributed by atoms with Crippen molar-refractivity contribution in [3.63, 3.8) is 0 Å². The first-order valence-corrected chi connectivity index (χ1v) is 7.32. The van der Waals surface area contributed by atoms with Gasteiger partial charge >= 0.3 is 5.97 Å². The van der Waals surface area contributed by atoms with Crippen LogP contribution in [0.4, 0.5) is 5.69 Å². The van der Waals surface area contributed by atoms with Crippen molar-refractivity contribution in [3.05, 3.63) is 69.8 Å². The molecule has 0 saturated heterocycles. The number of benzene rings is 2. The Labute approximate surface area is 143 Å². The van der Waals surface area contributed by atoms with Crippen LogP contribution in [0.3, 0.4) is 0 Å². The predicted molar refractivity (Wildman–Crippen MR) is 88.2 cm³/mol. The van der Waals surface area contributed by atoms with Crippen LogP contribution in [0.5, 0.6) is 5.75 Å². The molecule has 8 nitrogen and oxygen atoms in total. The van der Waals surface area contributed by atoms with E-state index in [2.05, 4.69) is 10.1 Å². The van der Waals surface area contributed by atoms with E-state index >= 15 is 0 Å². The zero-order chi connectivity index (χ0) is 18.4. The number of phenols is 1. The van der Waals surface area contributed by atoms with Gasteiger partial charge in [-0.05, 0) is 18.2 Å². The number of nitrogens with one attached hydrogen (secondary N) is 1. The number of aromatic hydroxyl groups is 1. The summed E-state index contributed by atoms with van der Waals surface area (Å²) in [5.41, 5.74) is 0.290. The van der Waals surface area contributed by atoms with Gasteiger partial charge in [-0.25, -0.2) is 4.79 Å². The molecule has 2 rings (SSSR count). The summed E-state index contributed by atoms with van der Waals surface area (Å²) in [5.74, 6) is -1.43. The first kappa shape index (κ1) is 17.9. The number of nitro benzene ring substituents is 1. The SMILES string of the molecule is COC(=O)[C@@H](Cc1ccccc1[N+](=O)[O-])NC(=O)c1cccc(O)c1. The number of nitrogens with zero attached hydrogens (tertiary/aromatic N) is 1. The first-order valence-electron chi connectivity index (χ1n) is 7.32. The normalized spacial score (nSPS) is 11.4. The summed E-state index contributed by atoms with van der Waals surface area (Å²) in [4.78, 5) is 34.8. The molecule has 0 bridgehead atoms. The molecule has 0 saturated carbocycles. The zero-order valence-corrected chi connectivity index (χ0v) is 13.3. The maximum atomic E-state index is 12.3. The second-order valence-electron chi connectivity index (χ2n) is 5.19. The minimum atomic E-state index is -1.11. The van der Waals surface area contributed by atoms with E-state index in [0.717, 1.165) is 7.11 Å². The zero-order valence-electron chi connectivity index (χ0n) is 13.3. The van der Waals surface area contributed by atoms with Gasteiger partial charge in [-0.1, -0.05) is 24.3 Å². The van der Waals surface area contributed by atoms with E-state index < -0.39 is 22.8 Å². The minimum Gasteiger partial charge on any atom is -0.508 e. The van der Waals surface area contributed by atoms with Gasteiger partial charge in [-0.15, -0.1) is 0 Å².